The summed E-state index contributed by atoms with van der Waals surface area (Å²) in [5.74, 6) is 0.361. The van der Waals surface area contributed by atoms with Crippen LogP contribution in [0.2, 0.25) is 18.1 Å². The predicted octanol–water partition coefficient (Wildman–Crippen LogP) is 4.34. The Morgan fingerprint density at radius 3 is 2.24 bits per heavy atom. The zero-order valence-corrected chi connectivity index (χ0v) is 15.1. The monoisotopic (exact) mass is 370 g/mol. The first-order valence-electron chi connectivity index (χ1n) is 6.21. The molecule has 0 unspecified atom stereocenters. The van der Waals surface area contributed by atoms with E-state index in [0.29, 0.717) is 5.92 Å². The quantitative estimate of drug-likeness (QED) is 0.557. The molecule has 17 heavy (non-hydrogen) atoms. The molecule has 0 aliphatic rings. The molecule has 4 heteroatoms. The summed E-state index contributed by atoms with van der Waals surface area (Å²) in [4.78, 5) is 0. The van der Waals surface area contributed by atoms with E-state index < -0.39 is 8.32 Å². The van der Waals surface area contributed by atoms with Gasteiger partial charge in [-0.05, 0) is 34.6 Å². The fraction of sp³-hybridized carbons (Fsp3) is 0.846. The van der Waals surface area contributed by atoms with E-state index in [1.807, 2.05) is 4.08 Å². The third-order valence-corrected chi connectivity index (χ3v) is 8.53. The Morgan fingerprint density at radius 2 is 1.88 bits per heavy atom. The Balaban J connectivity index is 4.76. The van der Waals surface area contributed by atoms with Gasteiger partial charge in [-0.25, -0.2) is 0 Å². The number of hydrogen-bond donors (Lipinski definition) is 1. The van der Waals surface area contributed by atoms with Crippen LogP contribution in [0.1, 0.15) is 34.1 Å². The highest BCUT2D eigenvalue weighted by molar-refractivity contribution is 14.1. The van der Waals surface area contributed by atoms with Crippen LogP contribution in [0.15, 0.2) is 10.2 Å². The Bertz CT molecular complexity index is 246. The summed E-state index contributed by atoms with van der Waals surface area (Å²) in [5.41, 5.74) is 0. The van der Waals surface area contributed by atoms with Gasteiger partial charge in [-0.1, -0.05) is 56.4 Å². The van der Waals surface area contributed by atoms with E-state index >= 15 is 0 Å². The Labute approximate surface area is 121 Å². The Kier molecular flexibility index (Phi) is 7.52. The smallest absolute Gasteiger partial charge is 0.192 e. The summed E-state index contributed by atoms with van der Waals surface area (Å²) in [6.45, 7) is 13.7. The van der Waals surface area contributed by atoms with E-state index in [-0.39, 0.29) is 17.7 Å². The van der Waals surface area contributed by atoms with Gasteiger partial charge in [0.1, 0.15) is 0 Å². The second kappa shape index (κ2) is 7.26. The lowest BCUT2D eigenvalue weighted by molar-refractivity contribution is 0.144. The van der Waals surface area contributed by atoms with Crippen molar-refractivity contribution in [2.75, 3.05) is 6.61 Å². The highest BCUT2D eigenvalue weighted by Crippen LogP contribution is 2.38. The van der Waals surface area contributed by atoms with Crippen LogP contribution in [0.3, 0.4) is 0 Å². The maximum Gasteiger partial charge on any atom is 0.192 e. The maximum absolute atomic E-state index is 9.04. The molecule has 0 rings (SSSR count). The van der Waals surface area contributed by atoms with Crippen molar-refractivity contribution in [3.8, 4) is 0 Å². The zero-order valence-electron chi connectivity index (χ0n) is 12.0. The molecule has 0 amide bonds. The summed E-state index contributed by atoms with van der Waals surface area (Å²) >= 11 is 2.23. The maximum atomic E-state index is 9.04. The van der Waals surface area contributed by atoms with Crippen molar-refractivity contribution in [1.29, 1.82) is 0 Å². The number of hydrogen-bond acceptors (Lipinski definition) is 2. The standard InChI is InChI=1S/C13H27IO2Si/c1-11(8-10-15)12(7-9-14)16-17(5,6)13(2,3)4/h7,9,11-12,15H,8,10H2,1-6H3/b9-7-/t11-,12+/m0/s1. The molecule has 0 aromatic rings. The van der Waals surface area contributed by atoms with Crippen LogP contribution in [-0.2, 0) is 4.43 Å². The second-order valence-corrected chi connectivity index (χ2v) is 11.6. The van der Waals surface area contributed by atoms with Gasteiger partial charge in [0.2, 0.25) is 0 Å². The molecule has 0 aliphatic carbocycles. The molecule has 2 atom stereocenters. The number of aliphatic hydroxyl groups excluding tert-OH is 1. The number of halogens is 1. The van der Waals surface area contributed by atoms with Crippen LogP contribution >= 0.6 is 22.6 Å². The molecule has 2 nitrogen and oxygen atoms in total. The summed E-state index contributed by atoms with van der Waals surface area (Å²) in [6, 6.07) is 0. The van der Waals surface area contributed by atoms with Crippen molar-refractivity contribution < 1.29 is 9.53 Å². The van der Waals surface area contributed by atoms with Crippen LogP contribution in [0.4, 0.5) is 0 Å². The van der Waals surface area contributed by atoms with Gasteiger partial charge in [-0.2, -0.15) is 0 Å². The normalized spacial score (nSPS) is 17.4. The van der Waals surface area contributed by atoms with Crippen LogP contribution in [0.5, 0.6) is 0 Å². The fourth-order valence-corrected chi connectivity index (χ4v) is 3.06. The lowest BCUT2D eigenvalue weighted by Gasteiger charge is -2.40. The van der Waals surface area contributed by atoms with E-state index in [4.69, 9.17) is 9.53 Å². The van der Waals surface area contributed by atoms with Crippen molar-refractivity contribution in [1.82, 2.24) is 0 Å². The Hall–Kier alpha value is 0.607. The largest absolute Gasteiger partial charge is 0.410 e. The average molecular weight is 370 g/mol. The van der Waals surface area contributed by atoms with Gasteiger partial charge >= 0.3 is 0 Å². The van der Waals surface area contributed by atoms with Gasteiger partial charge in [0.25, 0.3) is 0 Å². The molecule has 0 heterocycles. The molecule has 0 aromatic carbocycles. The highest BCUT2D eigenvalue weighted by Gasteiger charge is 2.39. The average Bonchev–Trinajstić information content (AvgIpc) is 2.15. The van der Waals surface area contributed by atoms with Gasteiger partial charge in [0.15, 0.2) is 8.32 Å². The Morgan fingerprint density at radius 1 is 1.35 bits per heavy atom. The van der Waals surface area contributed by atoms with Crippen molar-refractivity contribution >= 4 is 30.9 Å². The topological polar surface area (TPSA) is 29.5 Å². The van der Waals surface area contributed by atoms with Gasteiger partial charge in [0, 0.05) is 6.61 Å². The molecule has 0 radical (unpaired) electrons. The van der Waals surface area contributed by atoms with E-state index in [9.17, 15) is 0 Å². The summed E-state index contributed by atoms with van der Waals surface area (Å²) < 4.78 is 8.41. The molecule has 0 bridgehead atoms. The lowest BCUT2D eigenvalue weighted by Crippen LogP contribution is -2.45. The molecule has 0 saturated heterocycles. The van der Waals surface area contributed by atoms with Crippen molar-refractivity contribution in [3.63, 3.8) is 0 Å². The highest BCUT2D eigenvalue weighted by atomic mass is 127. The van der Waals surface area contributed by atoms with Gasteiger partial charge in [-0.15, -0.1) is 0 Å². The molecule has 102 valence electrons. The van der Waals surface area contributed by atoms with Crippen LogP contribution in [-0.4, -0.2) is 26.1 Å². The molecule has 0 saturated carbocycles. The van der Waals surface area contributed by atoms with E-state index in [0.717, 1.165) is 6.42 Å². The minimum absolute atomic E-state index is 0.125. The van der Waals surface area contributed by atoms with Crippen molar-refractivity contribution in [2.45, 2.75) is 58.4 Å². The minimum Gasteiger partial charge on any atom is -0.410 e. The summed E-state index contributed by atoms with van der Waals surface area (Å²) in [5, 5.41) is 9.27. The first-order valence-corrected chi connectivity index (χ1v) is 10.4. The first-order chi connectivity index (χ1) is 7.65. The lowest BCUT2D eigenvalue weighted by atomic mass is 10.0. The molecular weight excluding hydrogens is 343 g/mol. The fourth-order valence-electron chi connectivity index (χ4n) is 1.30. The molecule has 0 spiro atoms. The number of rotatable bonds is 6. The van der Waals surface area contributed by atoms with E-state index in [2.05, 4.69) is 69.5 Å². The molecule has 0 aliphatic heterocycles. The number of aliphatic hydroxyl groups is 1. The van der Waals surface area contributed by atoms with Gasteiger partial charge in [-0.3, -0.25) is 0 Å². The van der Waals surface area contributed by atoms with Gasteiger partial charge in [0.05, 0.1) is 6.10 Å². The van der Waals surface area contributed by atoms with Crippen LogP contribution in [0.25, 0.3) is 0 Å². The summed E-state index contributed by atoms with van der Waals surface area (Å²) in [7, 11) is -1.73. The predicted molar refractivity (Wildman–Crippen MR) is 86.1 cm³/mol. The molecular formula is C13H27IO2Si. The SMILES string of the molecule is C[C@@H](CCO)[C@@H](/C=C\I)O[Si](C)(C)C(C)(C)C. The second-order valence-electron chi connectivity index (χ2n) is 6.15. The van der Waals surface area contributed by atoms with E-state index in [1.165, 1.54) is 0 Å². The molecule has 0 fully saturated rings. The zero-order chi connectivity index (χ0) is 13.7. The van der Waals surface area contributed by atoms with Gasteiger partial charge < -0.3 is 9.53 Å². The van der Waals surface area contributed by atoms with E-state index in [1.54, 1.807) is 0 Å². The molecule has 0 aromatic heterocycles. The first kappa shape index (κ1) is 17.6. The third kappa shape index (κ3) is 5.85. The summed E-state index contributed by atoms with van der Waals surface area (Å²) in [6.07, 6.45) is 3.03. The van der Waals surface area contributed by atoms with Crippen molar-refractivity contribution in [2.24, 2.45) is 5.92 Å². The van der Waals surface area contributed by atoms with Crippen LogP contribution < -0.4 is 0 Å². The minimum atomic E-state index is -1.73. The van der Waals surface area contributed by atoms with Crippen molar-refractivity contribution in [3.05, 3.63) is 10.2 Å². The third-order valence-electron chi connectivity index (χ3n) is 3.64. The molecule has 1 N–H and O–H groups in total. The van der Waals surface area contributed by atoms with Crippen LogP contribution in [0, 0.1) is 5.92 Å².